The van der Waals surface area contributed by atoms with E-state index in [0.29, 0.717) is 55.7 Å². The number of hydrogen-bond donors (Lipinski definition) is 1. The fourth-order valence-electron chi connectivity index (χ4n) is 8.16. The number of methoxy groups -OCH3 is 1. The number of halogens is 2. The number of rotatable bonds is 12. The van der Waals surface area contributed by atoms with E-state index in [4.69, 9.17) is 43.5 Å². The molecule has 0 unspecified atom stereocenters. The summed E-state index contributed by atoms with van der Waals surface area (Å²) in [5, 5.41) is 8.00. The fraction of sp³-hybridized carbons (Fsp3) is 0.349. The summed E-state index contributed by atoms with van der Waals surface area (Å²) in [6.07, 6.45) is 4.76. The van der Waals surface area contributed by atoms with Gasteiger partial charge in [-0.1, -0.05) is 29.3 Å². The third-order valence-electron chi connectivity index (χ3n) is 10.9. The Balaban J connectivity index is 1.38. The summed E-state index contributed by atoms with van der Waals surface area (Å²) in [5.74, 6) is 1.03. The van der Waals surface area contributed by atoms with Gasteiger partial charge < -0.3 is 29.2 Å². The van der Waals surface area contributed by atoms with E-state index in [1.807, 2.05) is 80.0 Å². The lowest BCUT2D eigenvalue weighted by molar-refractivity contribution is 0.0957. The molecule has 3 aromatic carbocycles. The number of anilines is 1. The molecule has 0 spiro atoms. The van der Waals surface area contributed by atoms with Crippen molar-refractivity contribution in [2.24, 2.45) is 22.8 Å². The van der Waals surface area contributed by atoms with E-state index in [1.165, 1.54) is 6.34 Å². The molecule has 1 aliphatic heterocycles. The van der Waals surface area contributed by atoms with Crippen LogP contribution in [-0.2, 0) is 24.8 Å². The maximum absolute atomic E-state index is 15.3. The predicted octanol–water partition coefficient (Wildman–Crippen LogP) is 8.78. The molecule has 3 aromatic heterocycles. The van der Waals surface area contributed by atoms with Crippen molar-refractivity contribution in [3.05, 3.63) is 98.0 Å². The van der Waals surface area contributed by atoms with Gasteiger partial charge >= 0.3 is 0 Å². The van der Waals surface area contributed by atoms with E-state index in [9.17, 15) is 0 Å². The van der Waals surface area contributed by atoms with Crippen molar-refractivity contribution >= 4 is 68.8 Å². The minimum absolute atomic E-state index is 0.0863. The first-order chi connectivity index (χ1) is 26.9. The number of benzene rings is 3. The van der Waals surface area contributed by atoms with Crippen molar-refractivity contribution in [3.8, 4) is 16.9 Å². The molecule has 56 heavy (non-hydrogen) atoms. The van der Waals surface area contributed by atoms with Crippen LogP contribution in [-0.4, -0.2) is 70.9 Å². The van der Waals surface area contributed by atoms with Gasteiger partial charge in [-0.25, -0.2) is 4.99 Å². The Morgan fingerprint density at radius 3 is 2.46 bits per heavy atom. The van der Waals surface area contributed by atoms with E-state index in [-0.39, 0.29) is 11.9 Å². The molecule has 0 saturated carbocycles. The highest BCUT2D eigenvalue weighted by atomic mass is 35.5. The number of nitrogens with two attached hydrogens (primary N) is 1. The van der Waals surface area contributed by atoms with Crippen molar-refractivity contribution in [3.63, 3.8) is 0 Å². The number of amidine groups is 1. The molecular formula is C43H48Cl2N8O3. The van der Waals surface area contributed by atoms with Gasteiger partial charge in [-0.15, -0.1) is 0 Å². The van der Waals surface area contributed by atoms with Crippen LogP contribution < -0.4 is 15.4 Å². The molecule has 1 aliphatic rings. The molecular weight excluding hydrogens is 747 g/mol. The highest BCUT2D eigenvalue weighted by Crippen LogP contribution is 2.46. The predicted molar refractivity (Wildman–Crippen MR) is 229 cm³/mol. The highest BCUT2D eigenvalue weighted by molar-refractivity contribution is 6.35. The molecule has 292 valence electrons. The van der Waals surface area contributed by atoms with Crippen LogP contribution in [0.15, 0.2) is 58.6 Å². The molecule has 6 aromatic rings. The Morgan fingerprint density at radius 1 is 1.04 bits per heavy atom. The van der Waals surface area contributed by atoms with Crippen molar-refractivity contribution in [2.75, 3.05) is 38.8 Å². The van der Waals surface area contributed by atoms with Crippen LogP contribution in [0.5, 0.6) is 5.75 Å². The van der Waals surface area contributed by atoms with Crippen LogP contribution in [0.25, 0.3) is 32.9 Å². The van der Waals surface area contributed by atoms with Crippen LogP contribution in [0.4, 0.5) is 5.69 Å². The summed E-state index contributed by atoms with van der Waals surface area (Å²) in [6, 6.07) is 13.8. The van der Waals surface area contributed by atoms with Gasteiger partial charge in [-0.3, -0.25) is 14.5 Å². The molecule has 0 aliphatic carbocycles. The van der Waals surface area contributed by atoms with Gasteiger partial charge in [0.05, 0.1) is 40.7 Å². The number of aliphatic imine (C=N–C) groups is 2. The lowest BCUT2D eigenvalue weighted by Gasteiger charge is -2.34. The monoisotopic (exact) mass is 794 g/mol. The quantitative estimate of drug-likeness (QED) is 0.0756. The average molecular weight is 796 g/mol. The smallest absolute Gasteiger partial charge is 0.275 e. The summed E-state index contributed by atoms with van der Waals surface area (Å²) in [4.78, 5) is 25.5. The van der Waals surface area contributed by atoms with Gasteiger partial charge in [0.1, 0.15) is 23.6 Å². The number of aromatic nitrogens is 4. The highest BCUT2D eigenvalue weighted by Gasteiger charge is 2.38. The SMILES string of the molecule is CN=CN=C(N)c1ccc2c(c1)c(N1C[C@@H](C)n3c(c(CCCOc4cc(C)c(Cl)c(C)c4)c4ccc(Cl)c(-c5c(C)nn(C)c5C)c43)C1=O)cn2CCOC. The number of aryl methyl sites for hydroxylation is 5. The van der Waals surface area contributed by atoms with Gasteiger partial charge in [0.15, 0.2) is 0 Å². The molecule has 11 nitrogen and oxygen atoms in total. The van der Waals surface area contributed by atoms with E-state index in [1.54, 1.807) is 14.2 Å². The van der Waals surface area contributed by atoms with Gasteiger partial charge in [0.25, 0.3) is 5.91 Å². The maximum atomic E-state index is 15.3. The molecule has 2 N–H and O–H groups in total. The first-order valence-corrected chi connectivity index (χ1v) is 19.5. The summed E-state index contributed by atoms with van der Waals surface area (Å²) in [5.41, 5.74) is 17.1. The standard InChI is InChI=1S/C43H48Cl2N8O3/c1-24-18-30(19-25(2)39(24)45)56-16-9-10-31-32-12-13-34(44)38(37-27(4)49-50(7)28(37)5)40(32)53-26(3)21-52(43(54)41(31)53)36-22-51(15-17-55-8)35-14-11-29(20-33(35)36)42(46)48-23-47-6/h11-14,18-20,22-23,26H,9-10,15-17,21H2,1-8H3,(H2,46,47,48)/t26-/m1/s1. The van der Waals surface area contributed by atoms with Gasteiger partial charge in [0.2, 0.25) is 0 Å². The first-order valence-electron chi connectivity index (χ1n) is 18.8. The zero-order chi connectivity index (χ0) is 40.0. The van der Waals surface area contributed by atoms with Crippen LogP contribution in [0.3, 0.4) is 0 Å². The lowest BCUT2D eigenvalue weighted by atomic mass is 9.98. The zero-order valence-corrected chi connectivity index (χ0v) is 34.7. The number of nitrogens with zero attached hydrogens (tertiary/aromatic N) is 7. The minimum Gasteiger partial charge on any atom is -0.494 e. The third-order valence-corrected chi connectivity index (χ3v) is 11.8. The van der Waals surface area contributed by atoms with E-state index >= 15 is 4.79 Å². The van der Waals surface area contributed by atoms with Crippen molar-refractivity contribution in [1.82, 2.24) is 18.9 Å². The second kappa shape index (κ2) is 15.8. The summed E-state index contributed by atoms with van der Waals surface area (Å²) in [7, 11) is 5.28. The third kappa shape index (κ3) is 6.86. The molecule has 7 rings (SSSR count). The van der Waals surface area contributed by atoms with E-state index < -0.39 is 0 Å². The molecule has 0 bridgehead atoms. The van der Waals surface area contributed by atoms with Gasteiger partial charge in [-0.05, 0) is 101 Å². The Morgan fingerprint density at radius 2 is 1.79 bits per heavy atom. The Hall–Kier alpha value is -5.10. The number of carbonyl (C=O) groups excluding carboxylic acids is 1. The van der Waals surface area contributed by atoms with Crippen LogP contribution in [0.2, 0.25) is 10.0 Å². The summed E-state index contributed by atoms with van der Waals surface area (Å²) < 4.78 is 18.0. The topological polar surface area (TPSA) is 117 Å². The zero-order valence-electron chi connectivity index (χ0n) is 33.2. The Bertz CT molecular complexity index is 2540. The number of carbonyl (C=O) groups is 1. The molecule has 4 heterocycles. The fourth-order valence-corrected chi connectivity index (χ4v) is 8.52. The van der Waals surface area contributed by atoms with E-state index in [2.05, 4.69) is 39.0 Å². The Kier molecular flexibility index (Phi) is 11.0. The molecule has 0 saturated heterocycles. The molecule has 1 amide bonds. The van der Waals surface area contributed by atoms with Crippen LogP contribution in [0.1, 0.15) is 63.5 Å². The summed E-state index contributed by atoms with van der Waals surface area (Å²) >= 11 is 13.6. The number of ether oxygens (including phenoxy) is 2. The van der Waals surface area contributed by atoms with Crippen LogP contribution >= 0.6 is 23.2 Å². The van der Waals surface area contributed by atoms with E-state index in [0.717, 1.165) is 83.0 Å². The Labute approximate surface area is 337 Å². The maximum Gasteiger partial charge on any atom is 0.275 e. The first kappa shape index (κ1) is 39.1. The normalized spacial score (nSPS) is 14.9. The molecule has 0 radical (unpaired) electrons. The molecule has 1 atom stereocenters. The summed E-state index contributed by atoms with van der Waals surface area (Å²) in [6.45, 7) is 12.2. The number of fused-ring (bicyclic) bond motifs is 4. The van der Waals surface area contributed by atoms with Crippen LogP contribution in [0, 0.1) is 27.7 Å². The average Bonchev–Trinajstić information content (AvgIpc) is 3.79. The number of hydrogen-bond acceptors (Lipinski definition) is 5. The second-order valence-corrected chi connectivity index (χ2v) is 15.4. The second-order valence-electron chi connectivity index (χ2n) is 14.6. The van der Waals surface area contributed by atoms with Crippen molar-refractivity contribution in [2.45, 2.75) is 60.0 Å². The van der Waals surface area contributed by atoms with Crippen molar-refractivity contribution in [1.29, 1.82) is 0 Å². The molecule has 13 heteroatoms. The van der Waals surface area contributed by atoms with Gasteiger partial charge in [0, 0.05) is 84.7 Å². The molecule has 0 fully saturated rings. The van der Waals surface area contributed by atoms with Crippen molar-refractivity contribution < 1.29 is 14.3 Å². The largest absolute Gasteiger partial charge is 0.494 e. The van der Waals surface area contributed by atoms with Gasteiger partial charge in [-0.2, -0.15) is 5.10 Å². The lowest BCUT2D eigenvalue weighted by Crippen LogP contribution is -2.42. The number of amides is 1. The minimum atomic E-state index is -0.113.